The lowest BCUT2D eigenvalue weighted by atomic mass is 10.1. The summed E-state index contributed by atoms with van der Waals surface area (Å²) in [6.07, 6.45) is 0. The van der Waals surface area contributed by atoms with Crippen molar-refractivity contribution in [3.8, 4) is 0 Å². The summed E-state index contributed by atoms with van der Waals surface area (Å²) in [6.45, 7) is 2.45. The van der Waals surface area contributed by atoms with Crippen LogP contribution in [0.3, 0.4) is 0 Å². The summed E-state index contributed by atoms with van der Waals surface area (Å²) in [5.74, 6) is -0.0419. The first-order chi connectivity index (χ1) is 9.40. The number of nitro benzene ring substituents is 2. The number of non-ortho nitro benzene ring substituents is 2. The first-order valence-corrected chi connectivity index (χ1v) is 5.67. The lowest BCUT2D eigenvalue weighted by Crippen LogP contribution is -2.32. The van der Waals surface area contributed by atoms with Gasteiger partial charge in [0.1, 0.15) is 5.84 Å². The van der Waals surface area contributed by atoms with Crippen LogP contribution in [-0.2, 0) is 0 Å². The van der Waals surface area contributed by atoms with Crippen LogP contribution < -0.4 is 0 Å². The van der Waals surface area contributed by atoms with Crippen molar-refractivity contribution >= 4 is 23.1 Å². The van der Waals surface area contributed by atoms with Gasteiger partial charge in [0.05, 0.1) is 28.0 Å². The summed E-state index contributed by atoms with van der Waals surface area (Å²) < 4.78 is 0. The molecule has 0 spiro atoms. The molecule has 1 aromatic rings. The number of carbonyl (C=O) groups is 1. The van der Waals surface area contributed by atoms with Gasteiger partial charge in [-0.1, -0.05) is 0 Å². The van der Waals surface area contributed by atoms with Crippen LogP contribution in [0, 0.1) is 20.2 Å². The van der Waals surface area contributed by atoms with E-state index in [0.717, 1.165) is 18.2 Å². The van der Waals surface area contributed by atoms with Crippen LogP contribution in [-0.4, -0.2) is 39.6 Å². The van der Waals surface area contributed by atoms with Crippen molar-refractivity contribution in [2.45, 2.75) is 6.92 Å². The predicted octanol–water partition coefficient (Wildman–Crippen LogP) is 1.38. The number of hydrogen-bond donors (Lipinski definition) is 0. The molecule has 0 fully saturated rings. The summed E-state index contributed by atoms with van der Waals surface area (Å²) in [4.78, 5) is 37.6. The summed E-state index contributed by atoms with van der Waals surface area (Å²) in [5.41, 5.74) is -1.07. The van der Waals surface area contributed by atoms with Gasteiger partial charge in [-0.15, -0.1) is 0 Å². The molecule has 0 aliphatic carbocycles. The number of nitro groups is 2. The van der Waals surface area contributed by atoms with Gasteiger partial charge >= 0.3 is 0 Å². The Hall–Kier alpha value is -2.84. The number of aliphatic imine (C=N–C) groups is 1. The van der Waals surface area contributed by atoms with E-state index >= 15 is 0 Å². The largest absolute Gasteiger partial charge is 0.295 e. The third kappa shape index (κ3) is 2.46. The van der Waals surface area contributed by atoms with Crippen molar-refractivity contribution in [3.63, 3.8) is 0 Å². The van der Waals surface area contributed by atoms with Gasteiger partial charge in [-0.25, -0.2) is 0 Å². The molecule has 9 nitrogen and oxygen atoms in total. The molecule has 0 saturated heterocycles. The summed E-state index contributed by atoms with van der Waals surface area (Å²) >= 11 is 0. The first kappa shape index (κ1) is 13.6. The fourth-order valence-corrected chi connectivity index (χ4v) is 1.89. The van der Waals surface area contributed by atoms with E-state index in [1.807, 2.05) is 0 Å². The number of amides is 1. The summed E-state index contributed by atoms with van der Waals surface area (Å²) in [7, 11) is 0. The monoisotopic (exact) mass is 278 g/mol. The van der Waals surface area contributed by atoms with E-state index in [2.05, 4.69) is 4.99 Å². The minimum absolute atomic E-state index is 0.0950. The van der Waals surface area contributed by atoms with Crippen LogP contribution in [0.1, 0.15) is 17.3 Å². The molecule has 1 aliphatic heterocycles. The van der Waals surface area contributed by atoms with E-state index in [0.29, 0.717) is 18.9 Å². The Morgan fingerprint density at radius 1 is 1.20 bits per heavy atom. The highest BCUT2D eigenvalue weighted by atomic mass is 16.6. The van der Waals surface area contributed by atoms with Gasteiger partial charge in [0.25, 0.3) is 17.3 Å². The fourth-order valence-electron chi connectivity index (χ4n) is 1.89. The van der Waals surface area contributed by atoms with E-state index in [9.17, 15) is 25.0 Å². The Bertz CT molecular complexity index is 607. The predicted molar refractivity (Wildman–Crippen MR) is 68.8 cm³/mol. The third-order valence-electron chi connectivity index (χ3n) is 2.87. The fraction of sp³-hybridized carbons (Fsp3) is 0.273. The van der Waals surface area contributed by atoms with Gasteiger partial charge in [-0.2, -0.15) is 0 Å². The summed E-state index contributed by atoms with van der Waals surface area (Å²) in [6, 6.07) is 2.88. The quantitative estimate of drug-likeness (QED) is 0.611. The number of rotatable bonds is 3. The average molecular weight is 278 g/mol. The molecule has 0 atom stereocenters. The second-order valence-corrected chi connectivity index (χ2v) is 4.14. The molecule has 20 heavy (non-hydrogen) atoms. The van der Waals surface area contributed by atoms with Crippen LogP contribution in [0.4, 0.5) is 11.4 Å². The maximum Gasteiger partial charge on any atom is 0.277 e. The van der Waals surface area contributed by atoms with Crippen molar-refractivity contribution in [2.24, 2.45) is 4.99 Å². The highest BCUT2D eigenvalue weighted by molar-refractivity contribution is 6.07. The second-order valence-electron chi connectivity index (χ2n) is 4.14. The highest BCUT2D eigenvalue weighted by Crippen LogP contribution is 2.24. The van der Waals surface area contributed by atoms with Gasteiger partial charge in [-0.3, -0.25) is 34.9 Å². The van der Waals surface area contributed by atoms with E-state index in [-0.39, 0.29) is 5.56 Å². The Morgan fingerprint density at radius 2 is 1.75 bits per heavy atom. The zero-order chi connectivity index (χ0) is 14.9. The molecular weight excluding hydrogens is 268 g/mol. The Balaban J connectivity index is 2.45. The minimum Gasteiger partial charge on any atom is -0.295 e. The second kappa shape index (κ2) is 5.03. The molecule has 2 rings (SSSR count). The lowest BCUT2D eigenvalue weighted by Gasteiger charge is -2.15. The molecule has 0 radical (unpaired) electrons. The molecule has 0 N–H and O–H groups in total. The zero-order valence-electron chi connectivity index (χ0n) is 10.5. The number of hydrogen-bond acceptors (Lipinski definition) is 6. The van der Waals surface area contributed by atoms with Gasteiger partial charge in [0.15, 0.2) is 0 Å². The van der Waals surface area contributed by atoms with Crippen LogP contribution in [0.25, 0.3) is 0 Å². The van der Waals surface area contributed by atoms with Gasteiger partial charge in [0, 0.05) is 18.7 Å². The van der Waals surface area contributed by atoms with Crippen LogP contribution >= 0.6 is 0 Å². The minimum atomic E-state index is -0.769. The third-order valence-corrected chi connectivity index (χ3v) is 2.87. The Morgan fingerprint density at radius 3 is 2.15 bits per heavy atom. The number of nitrogens with zero attached hydrogens (tertiary/aromatic N) is 4. The van der Waals surface area contributed by atoms with Crippen LogP contribution in [0.15, 0.2) is 23.2 Å². The van der Waals surface area contributed by atoms with Crippen molar-refractivity contribution in [1.82, 2.24) is 4.90 Å². The molecule has 104 valence electrons. The first-order valence-electron chi connectivity index (χ1n) is 5.67. The molecule has 9 heteroatoms. The normalized spacial score (nSPS) is 14.1. The zero-order valence-corrected chi connectivity index (χ0v) is 10.5. The van der Waals surface area contributed by atoms with E-state index in [4.69, 9.17) is 0 Å². The number of benzene rings is 1. The molecule has 1 aliphatic rings. The van der Waals surface area contributed by atoms with Gasteiger partial charge in [-0.05, 0) is 6.92 Å². The number of carbonyl (C=O) groups excluding carboxylic acids is 1. The Kier molecular flexibility index (Phi) is 3.42. The van der Waals surface area contributed by atoms with Crippen molar-refractivity contribution in [3.05, 3.63) is 44.0 Å². The maximum atomic E-state index is 12.2. The standard InChI is InChI=1S/C11H10N4O5/c1-7-12-2-3-13(7)11(16)8-4-9(14(17)18)6-10(5-8)15(19)20/h4-6H,2-3H2,1H3. The van der Waals surface area contributed by atoms with Gasteiger partial charge < -0.3 is 0 Å². The molecule has 1 aromatic carbocycles. The smallest absolute Gasteiger partial charge is 0.277 e. The maximum absolute atomic E-state index is 12.2. The van der Waals surface area contributed by atoms with Crippen molar-refractivity contribution in [1.29, 1.82) is 0 Å². The van der Waals surface area contributed by atoms with E-state index in [1.54, 1.807) is 6.92 Å². The average Bonchev–Trinajstić information content (AvgIpc) is 2.83. The molecular formula is C11H10N4O5. The molecule has 0 aromatic heterocycles. The van der Waals surface area contributed by atoms with Crippen molar-refractivity contribution in [2.75, 3.05) is 13.1 Å². The van der Waals surface area contributed by atoms with Crippen LogP contribution in [0.2, 0.25) is 0 Å². The number of amidine groups is 1. The van der Waals surface area contributed by atoms with E-state index < -0.39 is 27.1 Å². The molecule has 0 unspecified atom stereocenters. The molecule has 1 amide bonds. The van der Waals surface area contributed by atoms with Crippen molar-refractivity contribution < 1.29 is 14.6 Å². The highest BCUT2D eigenvalue weighted by Gasteiger charge is 2.26. The topological polar surface area (TPSA) is 119 Å². The SMILES string of the molecule is CC1=NCCN1C(=O)c1cc([N+](=O)[O-])cc([N+](=O)[O-])c1. The summed E-state index contributed by atoms with van der Waals surface area (Å²) in [5, 5.41) is 21.5. The molecule has 0 saturated carbocycles. The van der Waals surface area contributed by atoms with Crippen LogP contribution in [0.5, 0.6) is 0 Å². The molecule has 0 bridgehead atoms. The van der Waals surface area contributed by atoms with Gasteiger partial charge in [0.2, 0.25) is 0 Å². The molecule has 1 heterocycles. The Labute approximate surface area is 112 Å². The lowest BCUT2D eigenvalue weighted by molar-refractivity contribution is -0.394. The van der Waals surface area contributed by atoms with E-state index in [1.165, 1.54) is 4.90 Å².